The monoisotopic (exact) mass is 170 g/mol. The third-order valence-electron chi connectivity index (χ3n) is 3.45. The van der Waals surface area contributed by atoms with Crippen LogP contribution in [-0.2, 0) is 9.53 Å². The molecular formula is C9H14O3. The van der Waals surface area contributed by atoms with E-state index in [0.29, 0.717) is 5.92 Å². The summed E-state index contributed by atoms with van der Waals surface area (Å²) in [7, 11) is 1.41. The van der Waals surface area contributed by atoms with Gasteiger partial charge < -0.3 is 9.84 Å². The summed E-state index contributed by atoms with van der Waals surface area (Å²) in [6.07, 6.45) is 1.75. The lowest BCUT2D eigenvalue weighted by atomic mass is 9.70. The first kappa shape index (κ1) is 8.05. The van der Waals surface area contributed by atoms with Gasteiger partial charge in [0.1, 0.15) is 0 Å². The van der Waals surface area contributed by atoms with Crippen LogP contribution in [-0.4, -0.2) is 23.8 Å². The number of hydrogen-bond acceptors (Lipinski definition) is 3. The molecule has 4 atom stereocenters. The maximum absolute atomic E-state index is 11.2. The predicted octanol–water partition coefficient (Wildman–Crippen LogP) is 0.566. The maximum Gasteiger partial charge on any atom is 0.309 e. The number of fused-ring (bicyclic) bond motifs is 1. The molecule has 3 nitrogen and oxygen atoms in total. The molecule has 0 heterocycles. The molecule has 0 saturated heterocycles. The van der Waals surface area contributed by atoms with E-state index in [-0.39, 0.29) is 17.8 Å². The van der Waals surface area contributed by atoms with Crippen LogP contribution < -0.4 is 0 Å². The lowest BCUT2D eigenvalue weighted by Crippen LogP contribution is -2.41. The number of methoxy groups -OCH3 is 1. The van der Waals surface area contributed by atoms with Crippen molar-refractivity contribution in [3.63, 3.8) is 0 Å². The van der Waals surface area contributed by atoms with Crippen LogP contribution in [0.5, 0.6) is 0 Å². The van der Waals surface area contributed by atoms with E-state index >= 15 is 0 Å². The van der Waals surface area contributed by atoms with Gasteiger partial charge in [-0.3, -0.25) is 4.79 Å². The van der Waals surface area contributed by atoms with E-state index in [1.54, 1.807) is 0 Å². The number of carbonyl (C=O) groups excluding carboxylic acids is 1. The van der Waals surface area contributed by atoms with Crippen LogP contribution in [0.4, 0.5) is 0 Å². The van der Waals surface area contributed by atoms with Crippen LogP contribution in [0.2, 0.25) is 0 Å². The Morgan fingerprint density at radius 1 is 1.67 bits per heavy atom. The summed E-state index contributed by atoms with van der Waals surface area (Å²) in [5.74, 6) is 0.353. The van der Waals surface area contributed by atoms with E-state index < -0.39 is 5.60 Å². The Balaban J connectivity index is 2.12. The molecule has 12 heavy (non-hydrogen) atoms. The molecule has 3 fully saturated rings. The molecule has 0 radical (unpaired) electrons. The summed E-state index contributed by atoms with van der Waals surface area (Å²) in [6, 6.07) is 0. The molecule has 3 saturated carbocycles. The number of ether oxygens (including phenoxy) is 1. The first-order chi connectivity index (χ1) is 5.56. The molecule has 0 aliphatic heterocycles. The second-order valence-electron chi connectivity index (χ2n) is 4.21. The lowest BCUT2D eigenvalue weighted by molar-refractivity contribution is -0.155. The van der Waals surface area contributed by atoms with Crippen molar-refractivity contribution in [3.8, 4) is 0 Å². The van der Waals surface area contributed by atoms with Crippen molar-refractivity contribution in [1.82, 2.24) is 0 Å². The van der Waals surface area contributed by atoms with Gasteiger partial charge in [0, 0.05) is 5.92 Å². The van der Waals surface area contributed by atoms with E-state index in [4.69, 9.17) is 0 Å². The minimum atomic E-state index is -0.622. The molecule has 68 valence electrons. The first-order valence-electron chi connectivity index (χ1n) is 4.36. The normalized spacial score (nSPS) is 50.1. The minimum Gasteiger partial charge on any atom is -0.469 e. The van der Waals surface area contributed by atoms with Crippen molar-refractivity contribution >= 4 is 5.97 Å². The molecule has 0 spiro atoms. The van der Waals surface area contributed by atoms with Gasteiger partial charge in [-0.15, -0.1) is 0 Å². The first-order valence-corrected chi connectivity index (χ1v) is 4.36. The van der Waals surface area contributed by atoms with E-state index in [1.807, 2.05) is 6.92 Å². The van der Waals surface area contributed by atoms with Gasteiger partial charge in [-0.2, -0.15) is 0 Å². The van der Waals surface area contributed by atoms with Crippen LogP contribution in [0, 0.1) is 17.8 Å². The Bertz CT molecular complexity index is 222. The average molecular weight is 170 g/mol. The number of esters is 1. The fourth-order valence-electron chi connectivity index (χ4n) is 2.78. The molecule has 0 amide bonds. The minimum absolute atomic E-state index is 0.0231. The fraction of sp³-hybridized carbons (Fsp3) is 0.889. The van der Waals surface area contributed by atoms with Crippen LogP contribution >= 0.6 is 0 Å². The van der Waals surface area contributed by atoms with Crippen LogP contribution in [0.15, 0.2) is 0 Å². The zero-order valence-electron chi connectivity index (χ0n) is 7.41. The third kappa shape index (κ3) is 0.829. The van der Waals surface area contributed by atoms with Gasteiger partial charge in [-0.1, -0.05) is 0 Å². The predicted molar refractivity (Wildman–Crippen MR) is 42.3 cm³/mol. The Morgan fingerprint density at radius 3 is 2.67 bits per heavy atom. The summed E-state index contributed by atoms with van der Waals surface area (Å²) < 4.78 is 4.68. The molecule has 3 aliphatic carbocycles. The van der Waals surface area contributed by atoms with Gasteiger partial charge in [0.2, 0.25) is 0 Å². The Kier molecular flexibility index (Phi) is 1.49. The standard InChI is InChI=1S/C9H14O3/c1-9(11)4-5-3-6(9)7(5)8(10)12-2/h5-7,11H,3-4H2,1-2H3/t5-,6-,7-,9-/m1/s1. The Labute approximate surface area is 71.7 Å². The SMILES string of the molecule is COC(=O)[C@@H]1[C@@H]2C[C@H]1[C@](C)(O)C2. The van der Waals surface area contributed by atoms with Crippen LogP contribution in [0.3, 0.4) is 0 Å². The largest absolute Gasteiger partial charge is 0.469 e. The third-order valence-corrected chi connectivity index (χ3v) is 3.45. The highest BCUT2D eigenvalue weighted by atomic mass is 16.5. The second kappa shape index (κ2) is 2.22. The van der Waals surface area contributed by atoms with Gasteiger partial charge in [0.25, 0.3) is 0 Å². The van der Waals surface area contributed by atoms with E-state index in [2.05, 4.69) is 4.74 Å². The molecule has 0 unspecified atom stereocenters. The van der Waals surface area contributed by atoms with E-state index in [9.17, 15) is 9.90 Å². The van der Waals surface area contributed by atoms with Gasteiger partial charge in [-0.05, 0) is 25.7 Å². The maximum atomic E-state index is 11.2. The smallest absolute Gasteiger partial charge is 0.309 e. The molecular weight excluding hydrogens is 156 g/mol. The molecule has 3 heteroatoms. The summed E-state index contributed by atoms with van der Waals surface area (Å²) in [4.78, 5) is 11.2. The highest BCUT2D eigenvalue weighted by Gasteiger charge is 2.61. The number of rotatable bonds is 1. The van der Waals surface area contributed by atoms with Gasteiger partial charge in [0.05, 0.1) is 18.6 Å². The number of hydrogen-bond donors (Lipinski definition) is 1. The van der Waals surface area contributed by atoms with Crippen molar-refractivity contribution in [3.05, 3.63) is 0 Å². The van der Waals surface area contributed by atoms with Crippen molar-refractivity contribution < 1.29 is 14.6 Å². The van der Waals surface area contributed by atoms with Crippen LogP contribution in [0.1, 0.15) is 19.8 Å². The molecule has 0 aromatic heterocycles. The quantitative estimate of drug-likeness (QED) is 0.585. The topological polar surface area (TPSA) is 46.5 Å². The molecule has 3 rings (SSSR count). The zero-order chi connectivity index (χ0) is 8.93. The Hall–Kier alpha value is -0.570. The number of aliphatic hydroxyl groups is 1. The summed E-state index contributed by atoms with van der Waals surface area (Å²) in [5, 5.41) is 9.81. The molecule has 0 aromatic rings. The van der Waals surface area contributed by atoms with E-state index in [1.165, 1.54) is 7.11 Å². The highest BCUT2D eigenvalue weighted by molar-refractivity contribution is 5.75. The molecule has 0 aromatic carbocycles. The van der Waals surface area contributed by atoms with Crippen molar-refractivity contribution in [2.45, 2.75) is 25.4 Å². The summed E-state index contributed by atoms with van der Waals surface area (Å²) in [5.41, 5.74) is -0.622. The van der Waals surface area contributed by atoms with Crippen LogP contribution in [0.25, 0.3) is 0 Å². The second-order valence-corrected chi connectivity index (χ2v) is 4.21. The lowest BCUT2D eigenvalue weighted by Gasteiger charge is -2.35. The molecule has 1 N–H and O–H groups in total. The van der Waals surface area contributed by atoms with Gasteiger partial charge in [0.15, 0.2) is 0 Å². The molecule has 2 bridgehead atoms. The summed E-state index contributed by atoms with van der Waals surface area (Å²) in [6.45, 7) is 1.82. The van der Waals surface area contributed by atoms with Gasteiger partial charge in [-0.25, -0.2) is 0 Å². The number of carbonyl (C=O) groups is 1. The van der Waals surface area contributed by atoms with E-state index in [0.717, 1.165) is 12.8 Å². The summed E-state index contributed by atoms with van der Waals surface area (Å²) >= 11 is 0. The highest BCUT2D eigenvalue weighted by Crippen LogP contribution is 2.59. The van der Waals surface area contributed by atoms with Crippen molar-refractivity contribution in [2.24, 2.45) is 17.8 Å². The Morgan fingerprint density at radius 2 is 2.33 bits per heavy atom. The fourth-order valence-corrected chi connectivity index (χ4v) is 2.78. The average Bonchev–Trinajstić information content (AvgIpc) is 2.37. The van der Waals surface area contributed by atoms with Crippen molar-refractivity contribution in [2.75, 3.05) is 7.11 Å². The van der Waals surface area contributed by atoms with Crippen molar-refractivity contribution in [1.29, 1.82) is 0 Å². The van der Waals surface area contributed by atoms with Gasteiger partial charge >= 0.3 is 5.97 Å². The molecule has 3 aliphatic rings. The zero-order valence-corrected chi connectivity index (χ0v) is 7.41.